The zero-order chi connectivity index (χ0) is 25.9. The Hall–Kier alpha value is -3.63. The highest BCUT2D eigenvalue weighted by Gasteiger charge is 2.59. The third-order valence-electron chi connectivity index (χ3n) is 7.10. The molecule has 3 atom stereocenters. The fourth-order valence-electron chi connectivity index (χ4n) is 4.94. The van der Waals surface area contributed by atoms with Crippen molar-refractivity contribution in [3.8, 4) is 27.8 Å². The largest absolute Gasteiger partial charge is 0.474 e. The van der Waals surface area contributed by atoms with Crippen molar-refractivity contribution in [1.82, 2.24) is 24.6 Å². The fraction of sp³-hybridized carbons (Fsp3) is 0.333. The Morgan fingerprint density at radius 1 is 1.14 bits per heavy atom. The van der Waals surface area contributed by atoms with E-state index in [-0.39, 0.29) is 29.7 Å². The van der Waals surface area contributed by atoms with Gasteiger partial charge in [-0.2, -0.15) is 5.10 Å². The van der Waals surface area contributed by atoms with Crippen LogP contribution in [0.4, 0.5) is 4.39 Å². The number of carbonyl (C=O) groups is 1. The Balaban J connectivity index is 1.16. The Morgan fingerprint density at radius 2 is 1.86 bits per heavy atom. The van der Waals surface area contributed by atoms with Gasteiger partial charge in [-0.25, -0.2) is 14.4 Å². The van der Waals surface area contributed by atoms with Gasteiger partial charge in [0.25, 0.3) is 5.91 Å². The molecule has 1 saturated carbocycles. The molecule has 3 aromatic heterocycles. The van der Waals surface area contributed by atoms with E-state index in [1.54, 1.807) is 36.1 Å². The minimum absolute atomic E-state index is 0.00817. The van der Waals surface area contributed by atoms with E-state index in [9.17, 15) is 9.18 Å². The number of thiazole rings is 1. The van der Waals surface area contributed by atoms with E-state index in [1.165, 1.54) is 23.5 Å². The first-order valence-corrected chi connectivity index (χ1v) is 13.0. The maximum atomic E-state index is 13.4. The Morgan fingerprint density at radius 3 is 2.51 bits per heavy atom. The second-order valence-electron chi connectivity index (χ2n) is 10.3. The van der Waals surface area contributed by atoms with Gasteiger partial charge in [-0.1, -0.05) is 0 Å². The van der Waals surface area contributed by atoms with Crippen LogP contribution in [-0.2, 0) is 12.6 Å². The van der Waals surface area contributed by atoms with Gasteiger partial charge >= 0.3 is 0 Å². The number of ether oxygens (including phenoxy) is 1. The molecule has 2 fully saturated rings. The Kier molecular flexibility index (Phi) is 5.61. The van der Waals surface area contributed by atoms with E-state index in [2.05, 4.69) is 10.1 Å². The standard InChI is InChI=1S/C27H27FN6O2S/c1-27(2,29)16-10-20(15-4-6-17(28)7-5-15)31-23(11-16)36-24-18-13-34(14-19(18)24)26(35)22-12-21(32-33(22)3)25-30-8-9-37-25/h4-12,18-19,24H,13-14,29H2,1-3H3/t18-,19+,24-. The second kappa shape index (κ2) is 8.74. The van der Waals surface area contributed by atoms with Crippen LogP contribution < -0.4 is 10.5 Å². The summed E-state index contributed by atoms with van der Waals surface area (Å²) in [5.74, 6) is 0.660. The lowest BCUT2D eigenvalue weighted by molar-refractivity contribution is 0.0740. The van der Waals surface area contributed by atoms with Crippen LogP contribution in [-0.4, -0.2) is 49.7 Å². The van der Waals surface area contributed by atoms with Gasteiger partial charge in [0.15, 0.2) is 0 Å². The van der Waals surface area contributed by atoms with Crippen molar-refractivity contribution in [1.29, 1.82) is 0 Å². The van der Waals surface area contributed by atoms with E-state index in [0.717, 1.165) is 16.1 Å². The van der Waals surface area contributed by atoms with E-state index in [1.807, 2.05) is 36.3 Å². The third-order valence-corrected chi connectivity index (χ3v) is 7.89. The zero-order valence-corrected chi connectivity index (χ0v) is 21.6. The molecular formula is C27H27FN6O2S. The lowest BCUT2D eigenvalue weighted by Gasteiger charge is -2.22. The predicted molar refractivity (Wildman–Crippen MR) is 138 cm³/mol. The maximum Gasteiger partial charge on any atom is 0.272 e. The van der Waals surface area contributed by atoms with E-state index in [4.69, 9.17) is 15.5 Å². The van der Waals surface area contributed by atoms with Crippen LogP contribution in [0.5, 0.6) is 5.88 Å². The number of aromatic nitrogens is 4. The fourth-order valence-corrected chi connectivity index (χ4v) is 5.53. The molecule has 0 radical (unpaired) electrons. The highest BCUT2D eigenvalue weighted by molar-refractivity contribution is 7.13. The molecule has 4 heterocycles. The van der Waals surface area contributed by atoms with Gasteiger partial charge in [0.05, 0.1) is 5.69 Å². The van der Waals surface area contributed by atoms with Crippen molar-refractivity contribution in [2.75, 3.05) is 13.1 Å². The molecule has 1 aliphatic heterocycles. The number of piperidine rings is 1. The molecule has 190 valence electrons. The van der Waals surface area contributed by atoms with Crippen molar-refractivity contribution in [3.05, 3.63) is 71.1 Å². The van der Waals surface area contributed by atoms with Gasteiger partial charge in [-0.15, -0.1) is 11.3 Å². The van der Waals surface area contributed by atoms with Crippen molar-refractivity contribution >= 4 is 17.2 Å². The molecule has 10 heteroatoms. The van der Waals surface area contributed by atoms with Gasteiger partial charge in [-0.3, -0.25) is 9.48 Å². The number of fused-ring (bicyclic) bond motifs is 1. The molecule has 0 spiro atoms. The third kappa shape index (κ3) is 4.51. The first-order valence-electron chi connectivity index (χ1n) is 12.1. The number of aryl methyl sites for hydroxylation is 1. The number of benzene rings is 1. The van der Waals surface area contributed by atoms with E-state index in [0.29, 0.717) is 36.1 Å². The number of nitrogens with two attached hydrogens (primary N) is 1. The molecule has 0 unspecified atom stereocenters. The lowest BCUT2D eigenvalue weighted by atomic mass is 9.95. The summed E-state index contributed by atoms with van der Waals surface area (Å²) in [6.07, 6.45) is 1.72. The summed E-state index contributed by atoms with van der Waals surface area (Å²) in [6, 6.07) is 11.8. The van der Waals surface area contributed by atoms with Crippen molar-refractivity contribution in [3.63, 3.8) is 0 Å². The van der Waals surface area contributed by atoms with Crippen molar-refractivity contribution in [2.45, 2.75) is 25.5 Å². The number of likely N-dealkylation sites (tertiary alicyclic amines) is 1. The number of carbonyl (C=O) groups excluding carboxylic acids is 1. The highest BCUT2D eigenvalue weighted by Crippen LogP contribution is 2.48. The molecular weight excluding hydrogens is 491 g/mol. The van der Waals surface area contributed by atoms with E-state index >= 15 is 0 Å². The molecule has 1 amide bonds. The van der Waals surface area contributed by atoms with Gasteiger partial charge < -0.3 is 15.4 Å². The van der Waals surface area contributed by atoms with Gasteiger partial charge in [-0.05, 0) is 55.8 Å². The molecule has 2 aliphatic rings. The second-order valence-corrected chi connectivity index (χ2v) is 11.2. The predicted octanol–water partition coefficient (Wildman–Crippen LogP) is 4.09. The smallest absolute Gasteiger partial charge is 0.272 e. The molecule has 4 aromatic rings. The number of rotatable bonds is 6. The molecule has 1 aromatic carbocycles. The summed E-state index contributed by atoms with van der Waals surface area (Å²) < 4.78 is 21.4. The summed E-state index contributed by atoms with van der Waals surface area (Å²) in [6.45, 7) is 5.10. The van der Waals surface area contributed by atoms with Crippen LogP contribution in [0.15, 0.2) is 54.0 Å². The van der Waals surface area contributed by atoms with Gasteiger partial charge in [0.1, 0.15) is 28.3 Å². The topological polar surface area (TPSA) is 99.2 Å². The summed E-state index contributed by atoms with van der Waals surface area (Å²) in [4.78, 5) is 24.1. The minimum atomic E-state index is -0.598. The molecule has 8 nitrogen and oxygen atoms in total. The van der Waals surface area contributed by atoms with Crippen LogP contribution >= 0.6 is 11.3 Å². The average Bonchev–Trinajstić information content (AvgIpc) is 3.36. The number of halogens is 1. The molecule has 1 aliphatic carbocycles. The number of hydrogen-bond acceptors (Lipinski definition) is 7. The number of pyridine rings is 1. The summed E-state index contributed by atoms with van der Waals surface area (Å²) >= 11 is 1.49. The van der Waals surface area contributed by atoms with Crippen LogP contribution in [0.25, 0.3) is 22.0 Å². The summed E-state index contributed by atoms with van der Waals surface area (Å²) in [7, 11) is 1.78. The molecule has 2 N–H and O–H groups in total. The number of hydrogen-bond donors (Lipinski definition) is 1. The SMILES string of the molecule is Cn1nc(-c2nccs2)cc1C(=O)N1C[C@@H]2[C@H](C1)[C@@H]2Oc1cc(C(C)(C)N)cc(-c2ccc(F)cc2)n1. The lowest BCUT2D eigenvalue weighted by Crippen LogP contribution is -2.34. The number of amides is 1. The Bertz CT molecular complexity index is 1450. The molecule has 1 saturated heterocycles. The maximum absolute atomic E-state index is 13.4. The van der Waals surface area contributed by atoms with Crippen LogP contribution in [0.3, 0.4) is 0 Å². The van der Waals surface area contributed by atoms with Crippen LogP contribution in [0, 0.1) is 17.7 Å². The van der Waals surface area contributed by atoms with Crippen LogP contribution in [0.1, 0.15) is 29.9 Å². The first-order chi connectivity index (χ1) is 17.7. The first kappa shape index (κ1) is 23.7. The van der Waals surface area contributed by atoms with Crippen molar-refractivity contribution in [2.24, 2.45) is 24.6 Å². The summed E-state index contributed by atoms with van der Waals surface area (Å²) in [5.41, 5.74) is 9.40. The quantitative estimate of drug-likeness (QED) is 0.413. The monoisotopic (exact) mass is 518 g/mol. The van der Waals surface area contributed by atoms with Crippen molar-refractivity contribution < 1.29 is 13.9 Å². The normalized spacial score (nSPS) is 20.7. The average molecular weight is 519 g/mol. The Labute approximate surface area is 217 Å². The highest BCUT2D eigenvalue weighted by atomic mass is 32.1. The number of nitrogens with zero attached hydrogens (tertiary/aromatic N) is 5. The molecule has 37 heavy (non-hydrogen) atoms. The minimum Gasteiger partial charge on any atom is -0.474 e. The van der Waals surface area contributed by atoms with Gasteiger partial charge in [0, 0.05) is 60.7 Å². The van der Waals surface area contributed by atoms with Gasteiger partial charge in [0.2, 0.25) is 5.88 Å². The molecule has 6 rings (SSSR count). The zero-order valence-electron chi connectivity index (χ0n) is 20.8. The van der Waals surface area contributed by atoms with E-state index < -0.39 is 5.54 Å². The van der Waals surface area contributed by atoms with Crippen LogP contribution in [0.2, 0.25) is 0 Å². The molecule has 0 bridgehead atoms. The summed E-state index contributed by atoms with van der Waals surface area (Å²) in [5, 5.41) is 7.15.